The van der Waals surface area contributed by atoms with Gasteiger partial charge in [-0.15, -0.1) is 11.3 Å². The van der Waals surface area contributed by atoms with Crippen molar-refractivity contribution in [3.63, 3.8) is 0 Å². The molecule has 0 unspecified atom stereocenters. The zero-order chi connectivity index (χ0) is 14.6. The molecule has 0 fully saturated rings. The van der Waals surface area contributed by atoms with E-state index in [2.05, 4.69) is 21.5 Å². The fourth-order valence-electron chi connectivity index (χ4n) is 3.11. The zero-order valence-electron chi connectivity index (χ0n) is 12.1. The average Bonchev–Trinajstić information content (AvgIpc) is 2.97. The molecule has 6 heteroatoms. The largest absolute Gasteiger partial charge is 0.338 e. The number of nitrogens with zero attached hydrogens (tertiary/aromatic N) is 3. The zero-order valence-corrected chi connectivity index (χ0v) is 12.9. The topological polar surface area (TPSA) is 63.6 Å². The lowest BCUT2D eigenvalue weighted by molar-refractivity contribution is 0.545. The molecule has 21 heavy (non-hydrogen) atoms. The highest BCUT2D eigenvalue weighted by molar-refractivity contribution is 7.15. The van der Waals surface area contributed by atoms with Crippen molar-refractivity contribution < 1.29 is 0 Å². The number of hydrogen-bond donors (Lipinski definition) is 1. The van der Waals surface area contributed by atoms with Gasteiger partial charge in [-0.1, -0.05) is 0 Å². The lowest BCUT2D eigenvalue weighted by Crippen LogP contribution is -2.15. The summed E-state index contributed by atoms with van der Waals surface area (Å²) in [4.78, 5) is 25.3. The lowest BCUT2D eigenvalue weighted by Gasteiger charge is -2.16. The van der Waals surface area contributed by atoms with Gasteiger partial charge in [0.15, 0.2) is 0 Å². The predicted molar refractivity (Wildman–Crippen MR) is 83.9 cm³/mol. The van der Waals surface area contributed by atoms with Gasteiger partial charge < -0.3 is 9.55 Å². The number of rotatable bonds is 1. The number of aromatic nitrogens is 4. The molecular weight excluding hydrogens is 284 g/mol. The third-order valence-electron chi connectivity index (χ3n) is 4.24. The Kier molecular flexibility index (Phi) is 2.75. The number of fused-ring (bicyclic) bond motifs is 3. The van der Waals surface area contributed by atoms with Gasteiger partial charge in [-0.25, -0.2) is 9.97 Å². The molecule has 0 aliphatic carbocycles. The van der Waals surface area contributed by atoms with Gasteiger partial charge in [0.1, 0.15) is 16.0 Å². The van der Waals surface area contributed by atoms with Gasteiger partial charge in [0, 0.05) is 17.1 Å². The maximum absolute atomic E-state index is 12.2. The van der Waals surface area contributed by atoms with E-state index in [1.165, 1.54) is 16.9 Å². The lowest BCUT2D eigenvalue weighted by atomic mass is 10.1. The highest BCUT2D eigenvalue weighted by atomic mass is 32.1. The highest BCUT2D eigenvalue weighted by Gasteiger charge is 2.25. The summed E-state index contributed by atoms with van der Waals surface area (Å²) in [6, 6.07) is 0. The van der Waals surface area contributed by atoms with Gasteiger partial charge in [0.25, 0.3) is 5.56 Å². The minimum atomic E-state index is -0.0561. The summed E-state index contributed by atoms with van der Waals surface area (Å²) in [6.07, 6.45) is 4.75. The predicted octanol–water partition coefficient (Wildman–Crippen LogP) is 2.80. The fraction of sp³-hybridized carbons (Fsp3) is 0.400. The Hall–Kier alpha value is -1.95. The van der Waals surface area contributed by atoms with Crippen LogP contribution in [0.25, 0.3) is 21.6 Å². The molecule has 1 aliphatic heterocycles. The molecule has 0 atom stereocenters. The van der Waals surface area contributed by atoms with Crippen molar-refractivity contribution in [2.24, 2.45) is 0 Å². The van der Waals surface area contributed by atoms with E-state index in [1.807, 2.05) is 6.92 Å². The standard InChI is InChI=1S/C15H16N4OS/c1-8-9(2)21-15(18-8)11-10-5-3-4-6-19(10)13-12(11)16-7-17-14(13)20/h7H,3-6H2,1-2H3,(H,16,17,20). The van der Waals surface area contributed by atoms with Crippen LogP contribution in [0, 0.1) is 13.8 Å². The normalized spacial score (nSPS) is 14.6. The van der Waals surface area contributed by atoms with E-state index in [9.17, 15) is 4.79 Å². The fourth-order valence-corrected chi connectivity index (χ4v) is 4.09. The van der Waals surface area contributed by atoms with Crippen molar-refractivity contribution in [3.8, 4) is 10.6 Å². The van der Waals surface area contributed by atoms with Crippen LogP contribution < -0.4 is 5.56 Å². The van der Waals surface area contributed by atoms with E-state index in [1.54, 1.807) is 11.3 Å². The second kappa shape index (κ2) is 4.53. The molecule has 1 aliphatic rings. The van der Waals surface area contributed by atoms with Crippen LogP contribution in [0.5, 0.6) is 0 Å². The van der Waals surface area contributed by atoms with E-state index in [-0.39, 0.29) is 5.56 Å². The molecule has 0 radical (unpaired) electrons. The Morgan fingerprint density at radius 3 is 2.95 bits per heavy atom. The first-order valence-electron chi connectivity index (χ1n) is 7.20. The molecule has 3 aromatic rings. The van der Waals surface area contributed by atoms with Crippen molar-refractivity contribution in [1.29, 1.82) is 0 Å². The van der Waals surface area contributed by atoms with E-state index in [0.717, 1.165) is 47.6 Å². The number of thiazole rings is 1. The molecule has 0 aromatic carbocycles. The van der Waals surface area contributed by atoms with E-state index >= 15 is 0 Å². The Balaban J connectivity index is 2.13. The van der Waals surface area contributed by atoms with Crippen molar-refractivity contribution >= 4 is 22.4 Å². The average molecular weight is 300 g/mol. The number of aryl methyl sites for hydroxylation is 3. The van der Waals surface area contributed by atoms with Crippen LogP contribution in [0.2, 0.25) is 0 Å². The van der Waals surface area contributed by atoms with Crippen LogP contribution in [-0.4, -0.2) is 19.5 Å². The summed E-state index contributed by atoms with van der Waals surface area (Å²) < 4.78 is 2.14. The maximum atomic E-state index is 12.2. The molecule has 0 bridgehead atoms. The van der Waals surface area contributed by atoms with Crippen molar-refractivity contribution in [2.45, 2.75) is 39.7 Å². The summed E-state index contributed by atoms with van der Waals surface area (Å²) in [7, 11) is 0. The van der Waals surface area contributed by atoms with Gasteiger partial charge in [-0.05, 0) is 33.1 Å². The summed E-state index contributed by atoms with van der Waals surface area (Å²) in [5.74, 6) is 0. The Morgan fingerprint density at radius 2 is 2.19 bits per heavy atom. The van der Waals surface area contributed by atoms with Crippen LogP contribution in [0.4, 0.5) is 0 Å². The smallest absolute Gasteiger partial charge is 0.275 e. The van der Waals surface area contributed by atoms with Crippen molar-refractivity contribution in [3.05, 3.63) is 32.9 Å². The van der Waals surface area contributed by atoms with Gasteiger partial charge in [-0.2, -0.15) is 0 Å². The number of H-pyrrole nitrogens is 1. The number of hydrogen-bond acceptors (Lipinski definition) is 4. The third-order valence-corrected chi connectivity index (χ3v) is 5.33. The minimum Gasteiger partial charge on any atom is -0.338 e. The van der Waals surface area contributed by atoms with E-state index in [0.29, 0.717) is 5.52 Å². The van der Waals surface area contributed by atoms with Gasteiger partial charge in [0.05, 0.1) is 17.6 Å². The molecule has 4 heterocycles. The molecule has 1 N–H and O–H groups in total. The molecule has 0 spiro atoms. The molecular formula is C15H16N4OS. The van der Waals surface area contributed by atoms with Crippen LogP contribution in [-0.2, 0) is 13.0 Å². The molecule has 5 nitrogen and oxygen atoms in total. The number of aromatic amines is 1. The molecule has 108 valence electrons. The van der Waals surface area contributed by atoms with Crippen LogP contribution in [0.3, 0.4) is 0 Å². The van der Waals surface area contributed by atoms with Crippen LogP contribution >= 0.6 is 11.3 Å². The first-order valence-corrected chi connectivity index (χ1v) is 8.01. The number of nitrogens with one attached hydrogen (secondary N) is 1. The monoisotopic (exact) mass is 300 g/mol. The van der Waals surface area contributed by atoms with Crippen LogP contribution in [0.1, 0.15) is 29.1 Å². The van der Waals surface area contributed by atoms with Gasteiger partial charge in [-0.3, -0.25) is 4.79 Å². The van der Waals surface area contributed by atoms with E-state index in [4.69, 9.17) is 4.98 Å². The molecule has 0 saturated heterocycles. The first-order chi connectivity index (χ1) is 10.2. The first kappa shape index (κ1) is 12.8. The Bertz CT molecular complexity index is 883. The molecule has 4 rings (SSSR count). The van der Waals surface area contributed by atoms with Gasteiger partial charge in [0.2, 0.25) is 0 Å². The minimum absolute atomic E-state index is 0.0561. The SMILES string of the molecule is Cc1nc(-c2c3n(c4c(=O)[nH]cnc24)CCCC3)sc1C. The quantitative estimate of drug-likeness (QED) is 0.751. The van der Waals surface area contributed by atoms with Crippen molar-refractivity contribution in [2.75, 3.05) is 0 Å². The highest BCUT2D eigenvalue weighted by Crippen LogP contribution is 2.38. The maximum Gasteiger partial charge on any atom is 0.275 e. The molecule has 3 aromatic heterocycles. The summed E-state index contributed by atoms with van der Waals surface area (Å²) in [5.41, 5.74) is 4.78. The molecule has 0 saturated carbocycles. The molecule has 0 amide bonds. The summed E-state index contributed by atoms with van der Waals surface area (Å²) in [6.45, 7) is 5.01. The Labute approximate surface area is 125 Å². The van der Waals surface area contributed by atoms with Crippen molar-refractivity contribution in [1.82, 2.24) is 19.5 Å². The Morgan fingerprint density at radius 1 is 1.33 bits per heavy atom. The second-order valence-electron chi connectivity index (χ2n) is 5.52. The third kappa shape index (κ3) is 1.78. The van der Waals surface area contributed by atoms with E-state index < -0.39 is 0 Å². The summed E-state index contributed by atoms with van der Waals surface area (Å²) in [5, 5.41) is 0.990. The van der Waals surface area contributed by atoms with Crippen LogP contribution in [0.15, 0.2) is 11.1 Å². The summed E-state index contributed by atoms with van der Waals surface area (Å²) >= 11 is 1.69. The second-order valence-corrected chi connectivity index (χ2v) is 6.72. The van der Waals surface area contributed by atoms with Gasteiger partial charge >= 0.3 is 0 Å².